The molecule has 1 aromatic carbocycles. The maximum atomic E-state index is 11.4. The highest BCUT2D eigenvalue weighted by molar-refractivity contribution is 7.86. The van der Waals surface area contributed by atoms with E-state index < -0.39 is 15.7 Å². The third kappa shape index (κ3) is 3.97. The van der Waals surface area contributed by atoms with Gasteiger partial charge in [0.2, 0.25) is 0 Å². The van der Waals surface area contributed by atoms with Crippen molar-refractivity contribution < 1.29 is 22.4 Å². The zero-order valence-corrected chi connectivity index (χ0v) is 11.5. The van der Waals surface area contributed by atoms with E-state index in [2.05, 4.69) is 4.18 Å². The van der Waals surface area contributed by atoms with E-state index in [9.17, 15) is 8.42 Å². The topological polar surface area (TPSA) is 72.8 Å². The van der Waals surface area contributed by atoms with Crippen molar-refractivity contribution in [2.75, 3.05) is 13.7 Å². The number of ether oxygens (including phenoxy) is 1. The molecule has 0 spiro atoms. The molecule has 0 radical (unpaired) electrons. The van der Waals surface area contributed by atoms with E-state index in [0.717, 1.165) is 7.11 Å². The number of aliphatic hydroxyl groups excluding tert-OH is 1. The lowest BCUT2D eigenvalue weighted by atomic mass is 10.1. The summed E-state index contributed by atoms with van der Waals surface area (Å²) < 4.78 is 32.9. The van der Waals surface area contributed by atoms with Crippen molar-refractivity contribution in [3.05, 3.63) is 24.3 Å². The van der Waals surface area contributed by atoms with E-state index in [-0.39, 0.29) is 11.5 Å². The van der Waals surface area contributed by atoms with Gasteiger partial charge in [0.1, 0.15) is 11.4 Å². The fourth-order valence-corrected chi connectivity index (χ4v) is 2.07. The summed E-state index contributed by atoms with van der Waals surface area (Å²) in [5, 5.41) is 8.89. The summed E-state index contributed by atoms with van der Waals surface area (Å²) >= 11 is 0. The van der Waals surface area contributed by atoms with Gasteiger partial charge in [-0.3, -0.25) is 4.18 Å². The van der Waals surface area contributed by atoms with Gasteiger partial charge in [-0.2, -0.15) is 8.42 Å². The van der Waals surface area contributed by atoms with Crippen molar-refractivity contribution in [3.8, 4) is 5.75 Å². The van der Waals surface area contributed by atoms with Crippen LogP contribution in [-0.4, -0.2) is 32.8 Å². The van der Waals surface area contributed by atoms with Gasteiger partial charge in [-0.05, 0) is 38.1 Å². The Morgan fingerprint density at radius 2 is 1.78 bits per heavy atom. The second-order valence-electron chi connectivity index (χ2n) is 4.43. The summed E-state index contributed by atoms with van der Waals surface area (Å²) in [7, 11) is -2.55. The molecule has 0 saturated heterocycles. The van der Waals surface area contributed by atoms with Crippen molar-refractivity contribution in [1.82, 2.24) is 0 Å². The third-order valence-electron chi connectivity index (χ3n) is 2.44. The lowest BCUT2D eigenvalue weighted by Crippen LogP contribution is -2.29. The highest BCUT2D eigenvalue weighted by Crippen LogP contribution is 2.23. The second-order valence-corrected chi connectivity index (χ2v) is 6.14. The molecule has 0 unspecified atom stereocenters. The second kappa shape index (κ2) is 5.69. The minimum Gasteiger partial charge on any atom is -0.488 e. The van der Waals surface area contributed by atoms with Crippen LogP contribution in [0.4, 0.5) is 0 Å². The maximum Gasteiger partial charge on any atom is 0.296 e. The average molecular weight is 274 g/mol. The van der Waals surface area contributed by atoms with Gasteiger partial charge in [-0.1, -0.05) is 0 Å². The predicted molar refractivity (Wildman–Crippen MR) is 67.0 cm³/mol. The van der Waals surface area contributed by atoms with Crippen molar-refractivity contribution in [1.29, 1.82) is 0 Å². The molecule has 0 aliphatic rings. The minimum atomic E-state index is -3.66. The molecule has 0 amide bonds. The number of hydrogen-bond acceptors (Lipinski definition) is 5. The summed E-state index contributed by atoms with van der Waals surface area (Å²) in [6.45, 7) is 3.73. The Morgan fingerprint density at radius 1 is 1.22 bits per heavy atom. The molecular formula is C12H18O5S. The Balaban J connectivity index is 2.84. The molecule has 0 bridgehead atoms. The minimum absolute atomic E-state index is 0.0309. The summed E-state index contributed by atoms with van der Waals surface area (Å²) in [6, 6.07) is 5.96. The molecule has 1 rings (SSSR count). The van der Waals surface area contributed by atoms with Crippen LogP contribution in [0.15, 0.2) is 29.2 Å². The molecule has 1 aromatic rings. The zero-order valence-electron chi connectivity index (χ0n) is 10.7. The summed E-state index contributed by atoms with van der Waals surface area (Å²) in [6.07, 6.45) is 0.491. The first-order chi connectivity index (χ1) is 8.30. The normalized spacial score (nSPS) is 12.4. The van der Waals surface area contributed by atoms with E-state index in [0.29, 0.717) is 12.2 Å². The van der Waals surface area contributed by atoms with Crippen molar-refractivity contribution in [2.24, 2.45) is 0 Å². The molecule has 102 valence electrons. The van der Waals surface area contributed by atoms with Gasteiger partial charge in [-0.25, -0.2) is 0 Å². The maximum absolute atomic E-state index is 11.4. The highest BCUT2D eigenvalue weighted by atomic mass is 32.2. The van der Waals surface area contributed by atoms with E-state index in [4.69, 9.17) is 9.84 Å². The largest absolute Gasteiger partial charge is 0.488 e. The zero-order chi connectivity index (χ0) is 13.8. The molecule has 0 aromatic heterocycles. The fourth-order valence-electron chi connectivity index (χ4n) is 1.41. The van der Waals surface area contributed by atoms with Crippen LogP contribution in [0.2, 0.25) is 0 Å². The van der Waals surface area contributed by atoms with Crippen LogP contribution in [0.25, 0.3) is 0 Å². The first kappa shape index (κ1) is 14.9. The first-order valence-electron chi connectivity index (χ1n) is 5.51. The Hall–Kier alpha value is -1.11. The molecule has 1 N–H and O–H groups in total. The number of benzene rings is 1. The van der Waals surface area contributed by atoms with Crippen molar-refractivity contribution in [2.45, 2.75) is 30.8 Å². The van der Waals surface area contributed by atoms with Crippen LogP contribution >= 0.6 is 0 Å². The predicted octanol–water partition coefficient (Wildman–Crippen LogP) is 1.56. The molecule has 0 atom stereocenters. The molecule has 18 heavy (non-hydrogen) atoms. The van der Waals surface area contributed by atoms with Gasteiger partial charge in [-0.15, -0.1) is 0 Å². The average Bonchev–Trinajstić information content (AvgIpc) is 2.29. The van der Waals surface area contributed by atoms with Crippen LogP contribution in [0.3, 0.4) is 0 Å². The van der Waals surface area contributed by atoms with Gasteiger partial charge in [0.15, 0.2) is 0 Å². The molecule has 0 heterocycles. The van der Waals surface area contributed by atoms with Crippen molar-refractivity contribution in [3.63, 3.8) is 0 Å². The molecule has 0 aliphatic carbocycles. The number of hydrogen-bond donors (Lipinski definition) is 1. The van der Waals surface area contributed by atoms with E-state index >= 15 is 0 Å². The number of rotatable bonds is 6. The summed E-state index contributed by atoms with van der Waals surface area (Å²) in [5.41, 5.74) is -0.504. The lowest BCUT2D eigenvalue weighted by molar-refractivity contribution is 0.0764. The smallest absolute Gasteiger partial charge is 0.296 e. The summed E-state index contributed by atoms with van der Waals surface area (Å²) in [5.74, 6) is 0.545. The molecule has 0 fully saturated rings. The van der Waals surface area contributed by atoms with E-state index in [1.54, 1.807) is 12.1 Å². The van der Waals surface area contributed by atoms with Crippen LogP contribution < -0.4 is 4.74 Å². The molecular weight excluding hydrogens is 256 g/mol. The summed E-state index contributed by atoms with van der Waals surface area (Å²) in [4.78, 5) is 0.0808. The molecule has 6 heteroatoms. The van der Waals surface area contributed by atoms with Gasteiger partial charge in [0.05, 0.1) is 12.0 Å². The van der Waals surface area contributed by atoms with E-state index in [1.807, 2.05) is 13.8 Å². The Morgan fingerprint density at radius 3 is 2.22 bits per heavy atom. The SMILES string of the molecule is COS(=O)(=O)c1ccc(OC(C)(C)CCO)cc1. The van der Waals surface area contributed by atoms with Gasteiger partial charge in [0, 0.05) is 13.0 Å². The Bertz CT molecular complexity index is 476. The fraction of sp³-hybridized carbons (Fsp3) is 0.500. The van der Waals surface area contributed by atoms with Crippen LogP contribution in [0, 0.1) is 0 Å². The van der Waals surface area contributed by atoms with Gasteiger partial charge in [0.25, 0.3) is 10.1 Å². The van der Waals surface area contributed by atoms with Crippen LogP contribution in [0.5, 0.6) is 5.75 Å². The van der Waals surface area contributed by atoms with Gasteiger partial charge >= 0.3 is 0 Å². The Kier molecular flexibility index (Phi) is 4.72. The van der Waals surface area contributed by atoms with Crippen molar-refractivity contribution >= 4 is 10.1 Å². The van der Waals surface area contributed by atoms with Gasteiger partial charge < -0.3 is 9.84 Å². The van der Waals surface area contributed by atoms with E-state index in [1.165, 1.54) is 12.1 Å². The lowest BCUT2D eigenvalue weighted by Gasteiger charge is -2.25. The number of aliphatic hydroxyl groups is 1. The quantitative estimate of drug-likeness (QED) is 0.797. The van der Waals surface area contributed by atoms with Crippen LogP contribution in [0.1, 0.15) is 20.3 Å². The molecule has 0 aliphatic heterocycles. The standard InChI is InChI=1S/C12H18O5S/c1-12(2,8-9-13)17-10-4-6-11(7-5-10)18(14,15)16-3/h4-7,13H,8-9H2,1-3H3. The third-order valence-corrected chi connectivity index (χ3v) is 3.73. The monoisotopic (exact) mass is 274 g/mol. The first-order valence-corrected chi connectivity index (χ1v) is 6.92. The highest BCUT2D eigenvalue weighted by Gasteiger charge is 2.19. The molecule has 5 nitrogen and oxygen atoms in total. The van der Waals surface area contributed by atoms with Crippen LogP contribution in [-0.2, 0) is 14.3 Å². The Labute approximate surface area is 107 Å². The molecule has 0 saturated carbocycles.